The van der Waals surface area contributed by atoms with E-state index >= 15 is 0 Å². The molecule has 14 heteroatoms. The maximum Gasteiger partial charge on any atom is 0.491 e. The lowest BCUT2D eigenvalue weighted by atomic mass is 9.78. The molecular formula is C27H31B2N3O9. The van der Waals surface area contributed by atoms with Gasteiger partial charge in [0.2, 0.25) is 5.91 Å². The van der Waals surface area contributed by atoms with Gasteiger partial charge in [-0.25, -0.2) is 0 Å². The second kappa shape index (κ2) is 12.0. The number of hydrogen-bond acceptors (Lipinski definition) is 8. The average molecular weight is 563 g/mol. The van der Waals surface area contributed by atoms with Crippen LogP contribution in [0.3, 0.4) is 0 Å². The third-order valence-electron chi connectivity index (χ3n) is 7.98. The van der Waals surface area contributed by atoms with Crippen LogP contribution in [0.2, 0.25) is 0 Å². The Balaban J connectivity index is 1.36. The van der Waals surface area contributed by atoms with Crippen molar-refractivity contribution in [3.63, 3.8) is 0 Å². The van der Waals surface area contributed by atoms with Gasteiger partial charge in [-0.15, -0.1) is 0 Å². The largest absolute Gasteiger partial charge is 0.491 e. The zero-order valence-electron chi connectivity index (χ0n) is 22.5. The van der Waals surface area contributed by atoms with E-state index in [1.807, 2.05) is 0 Å². The van der Waals surface area contributed by atoms with E-state index in [0.717, 1.165) is 24.0 Å². The highest BCUT2D eigenvalue weighted by molar-refractivity contribution is 6.62. The first-order chi connectivity index (χ1) is 19.6. The summed E-state index contributed by atoms with van der Waals surface area (Å²) in [6.45, 7) is 2.00. The van der Waals surface area contributed by atoms with E-state index in [2.05, 4.69) is 16.0 Å². The van der Waals surface area contributed by atoms with Crippen LogP contribution in [0.15, 0.2) is 36.4 Å². The molecule has 1 saturated carbocycles. The van der Waals surface area contributed by atoms with Gasteiger partial charge in [0.25, 0.3) is 11.8 Å². The molecule has 2 unspecified atom stereocenters. The number of carboxylic acid groups (broad SMARTS) is 1. The molecule has 12 nitrogen and oxygen atoms in total. The van der Waals surface area contributed by atoms with Gasteiger partial charge in [-0.1, -0.05) is 25.0 Å². The topological polar surface area (TPSA) is 184 Å². The summed E-state index contributed by atoms with van der Waals surface area (Å²) >= 11 is 0. The summed E-state index contributed by atoms with van der Waals surface area (Å²) in [6, 6.07) is 6.66. The van der Waals surface area contributed by atoms with Crippen LogP contribution in [-0.2, 0) is 32.1 Å². The molecule has 0 bridgehead atoms. The molecule has 3 aliphatic rings. The number of nitrogens with one attached hydrogen (secondary N) is 3. The first-order valence-corrected chi connectivity index (χ1v) is 13.6. The van der Waals surface area contributed by atoms with Crippen LogP contribution in [0, 0.1) is 5.92 Å². The Labute approximate surface area is 237 Å². The van der Waals surface area contributed by atoms with Gasteiger partial charge < -0.3 is 40.4 Å². The molecule has 0 aromatic heterocycles. The summed E-state index contributed by atoms with van der Waals surface area (Å²) in [7, 11) is -2.30. The predicted molar refractivity (Wildman–Crippen MR) is 147 cm³/mol. The van der Waals surface area contributed by atoms with E-state index in [9.17, 15) is 34.3 Å². The van der Waals surface area contributed by atoms with Crippen LogP contribution < -0.4 is 26.9 Å². The highest BCUT2D eigenvalue weighted by atomic mass is 16.5. The Morgan fingerprint density at radius 3 is 1.95 bits per heavy atom. The summed E-state index contributed by atoms with van der Waals surface area (Å²) in [5.41, 5.74) is 2.85. The molecule has 6 N–H and O–H groups in total. The number of carboxylic acids is 1. The highest BCUT2D eigenvalue weighted by Gasteiger charge is 2.36. The quantitative estimate of drug-likeness (QED) is 0.215. The Bertz CT molecular complexity index is 1370. The van der Waals surface area contributed by atoms with E-state index in [0.29, 0.717) is 23.8 Å². The number of fused-ring (bicyclic) bond motifs is 2. The zero-order chi connectivity index (χ0) is 29.3. The average Bonchev–Trinajstić information content (AvgIpc) is 3.52. The summed E-state index contributed by atoms with van der Waals surface area (Å²) in [5.74, 6) is -3.55. The van der Waals surface area contributed by atoms with Gasteiger partial charge in [0.05, 0.1) is 25.2 Å². The lowest BCUT2D eigenvalue weighted by Gasteiger charge is -2.32. The van der Waals surface area contributed by atoms with Crippen LogP contribution in [0.5, 0.6) is 0 Å². The molecule has 5 rings (SSSR count). The van der Waals surface area contributed by atoms with E-state index in [-0.39, 0.29) is 24.3 Å². The molecule has 0 radical (unpaired) electrons. The monoisotopic (exact) mass is 563 g/mol. The normalized spacial score (nSPS) is 21.0. The third-order valence-corrected chi connectivity index (χ3v) is 7.98. The minimum absolute atomic E-state index is 0.179. The number of carbonyl (C=O) groups is 4. The van der Waals surface area contributed by atoms with Crippen molar-refractivity contribution in [3.8, 4) is 0 Å². The number of amides is 3. The zero-order valence-corrected chi connectivity index (χ0v) is 22.5. The molecule has 41 heavy (non-hydrogen) atoms. The van der Waals surface area contributed by atoms with Crippen LogP contribution in [0.4, 0.5) is 0 Å². The van der Waals surface area contributed by atoms with Gasteiger partial charge in [0.15, 0.2) is 0 Å². The Morgan fingerprint density at radius 2 is 1.39 bits per heavy atom. The standard InChI is InChI=1S/C27H31B2N3O9/c1-14(30-24(33)15-6-8-17-12-40-28(38)20(17)10-15)23(26(35)31-22-5-3-2-4-19(22)27(36)37)32-25(34)16-7-9-18-13-41-29(39)21(18)11-16/h6-11,14,19,22-23,38-39H,2-5,12-13H2,1H3,(H,30,33)(H,31,35)(H,32,34)(H,36,37)/t14?,19-,22-,23?/m0/s1. The maximum absolute atomic E-state index is 13.6. The smallest absolute Gasteiger partial charge is 0.481 e. The molecule has 2 heterocycles. The Morgan fingerprint density at radius 1 is 0.854 bits per heavy atom. The number of aliphatic carboxylic acids is 1. The van der Waals surface area contributed by atoms with Crippen LogP contribution in [-0.4, -0.2) is 71.2 Å². The molecule has 0 saturated heterocycles. The van der Waals surface area contributed by atoms with Gasteiger partial charge in [-0.05, 0) is 66.1 Å². The number of rotatable bonds is 8. The minimum atomic E-state index is -1.26. The molecule has 4 atom stereocenters. The maximum atomic E-state index is 13.6. The van der Waals surface area contributed by atoms with E-state index in [1.54, 1.807) is 31.2 Å². The summed E-state index contributed by atoms with van der Waals surface area (Å²) in [6.07, 6.45) is 2.40. The summed E-state index contributed by atoms with van der Waals surface area (Å²) < 4.78 is 10.4. The van der Waals surface area contributed by atoms with Gasteiger partial charge >= 0.3 is 20.2 Å². The third kappa shape index (κ3) is 6.15. The van der Waals surface area contributed by atoms with Crippen LogP contribution in [0.25, 0.3) is 0 Å². The Kier molecular flexibility index (Phi) is 8.45. The van der Waals surface area contributed by atoms with Crippen molar-refractivity contribution in [2.24, 2.45) is 5.92 Å². The van der Waals surface area contributed by atoms with Crippen molar-refractivity contribution in [1.29, 1.82) is 0 Å². The van der Waals surface area contributed by atoms with Gasteiger partial charge in [-0.2, -0.15) is 0 Å². The van der Waals surface area contributed by atoms with E-state index in [4.69, 9.17) is 9.31 Å². The summed E-state index contributed by atoms with van der Waals surface area (Å²) in [5, 5.41) is 37.9. The van der Waals surface area contributed by atoms with Crippen molar-refractivity contribution >= 4 is 48.9 Å². The van der Waals surface area contributed by atoms with Crippen LogP contribution >= 0.6 is 0 Å². The molecule has 2 aromatic carbocycles. The molecule has 214 valence electrons. The fourth-order valence-electron chi connectivity index (χ4n) is 5.60. The fourth-order valence-corrected chi connectivity index (χ4v) is 5.60. The number of hydrogen-bond donors (Lipinski definition) is 6. The molecule has 0 spiro atoms. The second-order valence-corrected chi connectivity index (χ2v) is 10.7. The van der Waals surface area contributed by atoms with E-state index in [1.165, 1.54) is 12.1 Å². The lowest BCUT2D eigenvalue weighted by molar-refractivity contribution is -0.144. The molecule has 1 fully saturated rings. The minimum Gasteiger partial charge on any atom is -0.481 e. The first kappa shape index (κ1) is 28.8. The Hall–Kier alpha value is -3.71. The van der Waals surface area contributed by atoms with Crippen molar-refractivity contribution < 1.29 is 43.6 Å². The highest BCUT2D eigenvalue weighted by Crippen LogP contribution is 2.25. The second-order valence-electron chi connectivity index (χ2n) is 10.7. The predicted octanol–water partition coefficient (Wildman–Crippen LogP) is -1.20. The van der Waals surface area contributed by atoms with Gasteiger partial charge in [0, 0.05) is 17.2 Å². The van der Waals surface area contributed by atoms with Crippen molar-refractivity contribution in [3.05, 3.63) is 58.7 Å². The van der Waals surface area contributed by atoms with Gasteiger partial charge in [-0.3, -0.25) is 19.2 Å². The van der Waals surface area contributed by atoms with E-state index < -0.39 is 62.0 Å². The molecule has 1 aliphatic carbocycles. The van der Waals surface area contributed by atoms with Crippen molar-refractivity contribution in [1.82, 2.24) is 16.0 Å². The van der Waals surface area contributed by atoms with Gasteiger partial charge in [0.1, 0.15) is 6.04 Å². The SMILES string of the molecule is CC(NC(=O)c1ccc2c(c1)B(O)OC2)C(NC(=O)c1ccc2c(c1)B(O)OC2)C(=O)N[C@H]1CCCC[C@@H]1C(=O)O. The summed E-state index contributed by atoms with van der Waals surface area (Å²) in [4.78, 5) is 51.8. The lowest BCUT2D eigenvalue weighted by Crippen LogP contribution is -2.60. The van der Waals surface area contributed by atoms with Crippen LogP contribution in [0.1, 0.15) is 64.4 Å². The molecule has 2 aromatic rings. The fraction of sp³-hybridized carbons (Fsp3) is 0.407. The molecule has 2 aliphatic heterocycles. The molecule has 3 amide bonds. The molecular weight excluding hydrogens is 532 g/mol. The number of benzene rings is 2. The first-order valence-electron chi connectivity index (χ1n) is 13.6. The van der Waals surface area contributed by atoms with Crippen molar-refractivity contribution in [2.45, 2.75) is 63.9 Å². The number of carbonyl (C=O) groups excluding carboxylic acids is 3. The van der Waals surface area contributed by atoms with Crippen molar-refractivity contribution in [2.75, 3.05) is 0 Å².